The van der Waals surface area contributed by atoms with Gasteiger partial charge in [0.05, 0.1) is 29.0 Å². The number of rotatable bonds is 5. The predicted octanol–water partition coefficient (Wildman–Crippen LogP) is 4.02. The molecule has 7 nitrogen and oxygen atoms in total. The number of fused-ring (bicyclic) bond motifs is 1. The highest BCUT2D eigenvalue weighted by Crippen LogP contribution is 2.34. The second-order valence-corrected chi connectivity index (χ2v) is 8.01. The number of hydrogen-bond donors (Lipinski definition) is 1. The molecule has 0 bridgehead atoms. The second-order valence-electron chi connectivity index (χ2n) is 6.00. The van der Waals surface area contributed by atoms with Crippen molar-refractivity contribution in [2.75, 3.05) is 25.3 Å². The Hall–Kier alpha value is -1.71. The Bertz CT molecular complexity index is 847. The minimum absolute atomic E-state index is 0.0281. The summed E-state index contributed by atoms with van der Waals surface area (Å²) in [5.41, 5.74) is 2.15. The Kier molecular flexibility index (Phi) is 11.2. The largest absolute Gasteiger partial charge is 0.385 e. The van der Waals surface area contributed by atoms with Crippen LogP contribution in [0.4, 0.5) is 5.69 Å². The van der Waals surface area contributed by atoms with Crippen molar-refractivity contribution in [3.8, 4) is 0 Å². The van der Waals surface area contributed by atoms with Gasteiger partial charge in [-0.05, 0) is 39.9 Å². The van der Waals surface area contributed by atoms with E-state index in [4.69, 9.17) is 0 Å². The quantitative estimate of drug-likeness (QED) is 0.427. The summed E-state index contributed by atoms with van der Waals surface area (Å²) < 4.78 is 5.97. The topological polar surface area (TPSA) is 86.1 Å². The fourth-order valence-corrected chi connectivity index (χ4v) is 4.48. The first-order chi connectivity index (χ1) is 14.0. The number of aromatic nitrogens is 3. The van der Waals surface area contributed by atoms with Gasteiger partial charge in [-0.2, -0.15) is 0 Å². The lowest BCUT2D eigenvalue weighted by atomic mass is 10.0. The summed E-state index contributed by atoms with van der Waals surface area (Å²) in [7, 11) is 1.68. The van der Waals surface area contributed by atoms with Crippen molar-refractivity contribution < 1.29 is 9.53 Å². The van der Waals surface area contributed by atoms with Gasteiger partial charge in [-0.1, -0.05) is 25.6 Å². The fraction of sp³-hybridized carbons (Fsp3) is 0.600. The van der Waals surface area contributed by atoms with Gasteiger partial charge < -0.3 is 14.8 Å². The lowest BCUT2D eigenvalue weighted by molar-refractivity contribution is -0.108. The maximum atomic E-state index is 12.7. The molecule has 0 radical (unpaired) electrons. The summed E-state index contributed by atoms with van der Waals surface area (Å²) >= 11 is 3.04. The maximum Gasteiger partial charge on any atom is 0.278 e. The Balaban J connectivity index is 0.000000627. The van der Waals surface area contributed by atoms with E-state index in [-0.39, 0.29) is 18.1 Å². The van der Waals surface area contributed by atoms with Crippen molar-refractivity contribution in [3.05, 3.63) is 31.6 Å². The third-order valence-electron chi connectivity index (χ3n) is 4.18. The molecular formula is C20H32N4O3S2. The summed E-state index contributed by atoms with van der Waals surface area (Å²) in [4.78, 5) is 33.8. The smallest absolute Gasteiger partial charge is 0.278 e. The van der Waals surface area contributed by atoms with Crippen LogP contribution >= 0.6 is 23.1 Å². The van der Waals surface area contributed by atoms with Gasteiger partial charge >= 0.3 is 0 Å². The van der Waals surface area contributed by atoms with Crippen LogP contribution in [0.25, 0.3) is 0 Å². The lowest BCUT2D eigenvalue weighted by Crippen LogP contribution is -2.32. The number of carbonyl (C=O) groups excluding carboxylic acids is 1. The molecular weight excluding hydrogens is 408 g/mol. The maximum absolute atomic E-state index is 12.7. The third kappa shape index (κ3) is 6.38. The molecule has 9 heteroatoms. The number of anilines is 1. The first kappa shape index (κ1) is 25.3. The standard InChI is InChI=1S/C15H18N4O2S2.C3H8O.C2H6/c1-8-13(23-9(2)16-8)11-5-4-10-12(17-11)14(21)19(6-7-20)15(18-10)22-3;1-3-4-2;1-2/h7,11,17H,4-6H2,1-3H3;3H2,1-2H3;1-2H3/t11-;;/m0../s1. The highest BCUT2D eigenvalue weighted by atomic mass is 32.2. The minimum atomic E-state index is -0.171. The molecule has 0 amide bonds. The van der Waals surface area contributed by atoms with Gasteiger partial charge in [-0.3, -0.25) is 9.36 Å². The predicted molar refractivity (Wildman–Crippen MR) is 122 cm³/mol. The van der Waals surface area contributed by atoms with E-state index in [1.807, 2.05) is 40.9 Å². The molecule has 0 aliphatic carbocycles. The van der Waals surface area contributed by atoms with Crippen LogP contribution in [0.15, 0.2) is 9.95 Å². The van der Waals surface area contributed by atoms with E-state index in [9.17, 15) is 9.59 Å². The number of hydrogen-bond acceptors (Lipinski definition) is 8. The molecule has 3 heterocycles. The van der Waals surface area contributed by atoms with Crippen molar-refractivity contribution in [2.45, 2.75) is 65.2 Å². The van der Waals surface area contributed by atoms with Crippen LogP contribution in [0, 0.1) is 13.8 Å². The van der Waals surface area contributed by atoms with Crippen molar-refractivity contribution >= 4 is 35.1 Å². The first-order valence-corrected chi connectivity index (χ1v) is 11.8. The van der Waals surface area contributed by atoms with Gasteiger partial charge in [0.15, 0.2) is 5.16 Å². The summed E-state index contributed by atoms with van der Waals surface area (Å²) in [6.07, 6.45) is 4.21. The van der Waals surface area contributed by atoms with Gasteiger partial charge in [0, 0.05) is 18.6 Å². The normalized spacial score (nSPS) is 14.5. The SMILES string of the molecule is CC.CCOC.CSc1nc2c(c(=O)n1CC=O)N[C@H](c1sc(C)nc1C)CC2. The van der Waals surface area contributed by atoms with Crippen LogP contribution in [0.5, 0.6) is 0 Å². The van der Waals surface area contributed by atoms with E-state index < -0.39 is 0 Å². The Morgan fingerprint density at radius 3 is 2.48 bits per heavy atom. The molecule has 0 saturated carbocycles. The average molecular weight is 441 g/mol. The number of carbonyl (C=O) groups is 1. The average Bonchev–Trinajstić information content (AvgIpc) is 3.09. The molecule has 1 atom stereocenters. The second kappa shape index (κ2) is 12.8. The summed E-state index contributed by atoms with van der Waals surface area (Å²) in [5, 5.41) is 4.95. The molecule has 29 heavy (non-hydrogen) atoms. The molecule has 0 aromatic carbocycles. The minimum Gasteiger partial charge on any atom is -0.385 e. The van der Waals surface area contributed by atoms with E-state index in [1.165, 1.54) is 21.2 Å². The van der Waals surface area contributed by atoms with Crippen LogP contribution in [-0.2, 0) is 22.5 Å². The lowest BCUT2D eigenvalue weighted by Gasteiger charge is -2.26. The fourth-order valence-electron chi connectivity index (χ4n) is 2.89. The number of nitrogens with one attached hydrogen (secondary N) is 1. The van der Waals surface area contributed by atoms with Crippen LogP contribution in [0.3, 0.4) is 0 Å². The molecule has 1 N–H and O–H groups in total. The highest BCUT2D eigenvalue weighted by molar-refractivity contribution is 7.98. The van der Waals surface area contributed by atoms with E-state index in [1.54, 1.807) is 18.4 Å². The molecule has 2 aromatic rings. The molecule has 1 aliphatic rings. The van der Waals surface area contributed by atoms with Crippen LogP contribution in [0.2, 0.25) is 0 Å². The third-order valence-corrected chi connectivity index (χ3v) is 6.05. The van der Waals surface area contributed by atoms with E-state index >= 15 is 0 Å². The van der Waals surface area contributed by atoms with Gasteiger partial charge in [0.2, 0.25) is 0 Å². The summed E-state index contributed by atoms with van der Waals surface area (Å²) in [6, 6.07) is 0.0769. The molecule has 3 rings (SSSR count). The van der Waals surface area contributed by atoms with Gasteiger partial charge in [0.25, 0.3) is 5.56 Å². The van der Waals surface area contributed by atoms with Gasteiger partial charge in [0.1, 0.15) is 12.0 Å². The van der Waals surface area contributed by atoms with Gasteiger partial charge in [-0.15, -0.1) is 11.3 Å². The van der Waals surface area contributed by atoms with E-state index in [2.05, 4.69) is 20.0 Å². The summed E-state index contributed by atoms with van der Waals surface area (Å²) in [5.74, 6) is 0. The number of thiazole rings is 1. The summed E-state index contributed by atoms with van der Waals surface area (Å²) in [6.45, 7) is 10.8. The van der Waals surface area contributed by atoms with Crippen molar-refractivity contribution in [1.82, 2.24) is 14.5 Å². The highest BCUT2D eigenvalue weighted by Gasteiger charge is 2.27. The number of aldehydes is 1. The number of ether oxygens (including phenoxy) is 1. The molecule has 1 aliphatic heterocycles. The molecule has 0 spiro atoms. The zero-order valence-electron chi connectivity index (χ0n) is 18.4. The Labute approximate surface area is 181 Å². The van der Waals surface area contributed by atoms with Crippen LogP contribution in [-0.4, -0.2) is 40.8 Å². The Morgan fingerprint density at radius 1 is 1.34 bits per heavy atom. The number of thioether (sulfide) groups is 1. The van der Waals surface area contributed by atoms with Crippen LogP contribution in [0.1, 0.15) is 54.5 Å². The van der Waals surface area contributed by atoms with Crippen molar-refractivity contribution in [1.29, 1.82) is 0 Å². The van der Waals surface area contributed by atoms with Crippen LogP contribution < -0.4 is 10.9 Å². The molecule has 162 valence electrons. The zero-order chi connectivity index (χ0) is 22.0. The van der Waals surface area contributed by atoms with E-state index in [0.29, 0.717) is 10.8 Å². The zero-order valence-corrected chi connectivity index (χ0v) is 20.0. The van der Waals surface area contributed by atoms with Crippen molar-refractivity contribution in [3.63, 3.8) is 0 Å². The number of methoxy groups -OCH3 is 1. The molecule has 0 saturated heterocycles. The Morgan fingerprint density at radius 2 is 2.00 bits per heavy atom. The molecule has 0 fully saturated rings. The number of nitrogens with zero attached hydrogens (tertiary/aromatic N) is 3. The first-order valence-electron chi connectivity index (χ1n) is 9.77. The molecule has 2 aromatic heterocycles. The van der Waals surface area contributed by atoms with E-state index in [0.717, 1.165) is 42.1 Å². The monoisotopic (exact) mass is 440 g/mol. The molecule has 0 unspecified atom stereocenters. The van der Waals surface area contributed by atoms with Crippen molar-refractivity contribution in [2.24, 2.45) is 0 Å². The number of aryl methyl sites for hydroxylation is 3. The van der Waals surface area contributed by atoms with Gasteiger partial charge in [-0.25, -0.2) is 9.97 Å².